The first-order valence-electron chi connectivity index (χ1n) is 6.47. The van der Waals surface area contributed by atoms with Crippen LogP contribution in [0.15, 0.2) is 24.3 Å². The van der Waals surface area contributed by atoms with Gasteiger partial charge in [0, 0.05) is 11.1 Å². The Morgan fingerprint density at radius 2 is 1.65 bits per heavy atom. The highest BCUT2D eigenvalue weighted by Gasteiger charge is 2.14. The molecule has 1 aromatic carbocycles. The minimum atomic E-state index is 0.557. The van der Waals surface area contributed by atoms with Crippen molar-refractivity contribution in [1.82, 2.24) is 5.32 Å². The SMILES string of the molecule is CC(C)NCC(Cc1ccc(Cl)cc1)C(C)C. The van der Waals surface area contributed by atoms with Crippen molar-refractivity contribution in [3.8, 4) is 0 Å². The largest absolute Gasteiger partial charge is 0.314 e. The van der Waals surface area contributed by atoms with E-state index in [0.717, 1.165) is 18.0 Å². The van der Waals surface area contributed by atoms with Crippen LogP contribution in [0, 0.1) is 11.8 Å². The predicted octanol–water partition coefficient (Wildman–Crippen LogP) is 4.15. The lowest BCUT2D eigenvalue weighted by molar-refractivity contribution is 0.349. The molecule has 0 radical (unpaired) electrons. The summed E-state index contributed by atoms with van der Waals surface area (Å²) in [7, 11) is 0. The number of nitrogens with one attached hydrogen (secondary N) is 1. The van der Waals surface area contributed by atoms with Crippen molar-refractivity contribution in [2.24, 2.45) is 11.8 Å². The zero-order valence-corrected chi connectivity index (χ0v) is 12.1. The maximum atomic E-state index is 5.90. The smallest absolute Gasteiger partial charge is 0.0406 e. The molecule has 2 heteroatoms. The number of benzene rings is 1. The summed E-state index contributed by atoms with van der Waals surface area (Å²) in [5, 5.41) is 4.35. The molecule has 1 atom stereocenters. The van der Waals surface area contributed by atoms with E-state index in [1.807, 2.05) is 12.1 Å². The second-order valence-corrected chi connectivity index (χ2v) is 5.83. The molecule has 1 N–H and O–H groups in total. The van der Waals surface area contributed by atoms with E-state index in [4.69, 9.17) is 11.6 Å². The van der Waals surface area contributed by atoms with Crippen LogP contribution in [0.1, 0.15) is 33.3 Å². The number of halogens is 1. The van der Waals surface area contributed by atoms with Gasteiger partial charge in [-0.3, -0.25) is 0 Å². The first kappa shape index (κ1) is 14.5. The molecule has 1 rings (SSSR count). The van der Waals surface area contributed by atoms with Crippen LogP contribution >= 0.6 is 11.6 Å². The predicted molar refractivity (Wildman–Crippen MR) is 76.6 cm³/mol. The fraction of sp³-hybridized carbons (Fsp3) is 0.600. The highest BCUT2D eigenvalue weighted by atomic mass is 35.5. The molecule has 0 aliphatic rings. The zero-order valence-electron chi connectivity index (χ0n) is 11.3. The van der Waals surface area contributed by atoms with Crippen molar-refractivity contribution < 1.29 is 0 Å². The molecule has 96 valence electrons. The summed E-state index contributed by atoms with van der Waals surface area (Å²) in [6.45, 7) is 10.1. The van der Waals surface area contributed by atoms with Crippen LogP contribution in [-0.2, 0) is 6.42 Å². The molecule has 0 saturated heterocycles. The molecular formula is C15H24ClN. The Kier molecular flexibility index (Phi) is 6.01. The van der Waals surface area contributed by atoms with E-state index in [-0.39, 0.29) is 0 Å². The van der Waals surface area contributed by atoms with Gasteiger partial charge in [0.05, 0.1) is 0 Å². The molecule has 0 amide bonds. The van der Waals surface area contributed by atoms with Crippen LogP contribution < -0.4 is 5.32 Å². The molecule has 0 aromatic heterocycles. The topological polar surface area (TPSA) is 12.0 Å². The van der Waals surface area contributed by atoms with E-state index in [2.05, 4.69) is 45.1 Å². The van der Waals surface area contributed by atoms with E-state index < -0.39 is 0 Å². The molecule has 0 aliphatic heterocycles. The molecule has 1 unspecified atom stereocenters. The zero-order chi connectivity index (χ0) is 12.8. The van der Waals surface area contributed by atoms with Crippen molar-refractivity contribution in [1.29, 1.82) is 0 Å². The molecule has 0 heterocycles. The van der Waals surface area contributed by atoms with Gasteiger partial charge in [-0.15, -0.1) is 0 Å². The lowest BCUT2D eigenvalue weighted by Crippen LogP contribution is -2.32. The Balaban J connectivity index is 2.57. The van der Waals surface area contributed by atoms with Gasteiger partial charge >= 0.3 is 0 Å². The number of hydrogen-bond donors (Lipinski definition) is 1. The lowest BCUT2D eigenvalue weighted by Gasteiger charge is -2.23. The molecule has 1 nitrogen and oxygen atoms in total. The first-order valence-corrected chi connectivity index (χ1v) is 6.84. The van der Waals surface area contributed by atoms with Crippen LogP contribution in [0.2, 0.25) is 5.02 Å². The highest BCUT2D eigenvalue weighted by molar-refractivity contribution is 6.30. The minimum absolute atomic E-state index is 0.557. The Labute approximate surface area is 111 Å². The third kappa shape index (κ3) is 5.56. The van der Waals surface area contributed by atoms with Gasteiger partial charge in [-0.2, -0.15) is 0 Å². The Hall–Kier alpha value is -0.530. The minimum Gasteiger partial charge on any atom is -0.314 e. The van der Waals surface area contributed by atoms with Gasteiger partial charge in [0.25, 0.3) is 0 Å². The summed E-state index contributed by atoms with van der Waals surface area (Å²) in [4.78, 5) is 0. The van der Waals surface area contributed by atoms with Crippen LogP contribution in [0.4, 0.5) is 0 Å². The average Bonchev–Trinajstić information content (AvgIpc) is 2.26. The van der Waals surface area contributed by atoms with E-state index in [1.54, 1.807) is 0 Å². The molecule has 1 aromatic rings. The van der Waals surface area contributed by atoms with E-state index in [9.17, 15) is 0 Å². The van der Waals surface area contributed by atoms with Crippen molar-refractivity contribution in [3.63, 3.8) is 0 Å². The standard InChI is InChI=1S/C15H24ClN/c1-11(2)14(10-17-12(3)4)9-13-5-7-15(16)8-6-13/h5-8,11-12,14,17H,9-10H2,1-4H3. The van der Waals surface area contributed by atoms with Gasteiger partial charge in [0.2, 0.25) is 0 Å². The molecule has 0 bridgehead atoms. The normalized spacial score (nSPS) is 13.4. The van der Waals surface area contributed by atoms with Crippen molar-refractivity contribution >= 4 is 11.6 Å². The van der Waals surface area contributed by atoms with Crippen molar-refractivity contribution in [2.75, 3.05) is 6.54 Å². The van der Waals surface area contributed by atoms with E-state index >= 15 is 0 Å². The molecule has 0 aliphatic carbocycles. The second kappa shape index (κ2) is 7.03. The van der Waals surface area contributed by atoms with Crippen LogP contribution in [0.5, 0.6) is 0 Å². The van der Waals surface area contributed by atoms with Gasteiger partial charge in [-0.25, -0.2) is 0 Å². The maximum Gasteiger partial charge on any atom is 0.0406 e. The van der Waals surface area contributed by atoms with Crippen LogP contribution in [0.3, 0.4) is 0 Å². The third-order valence-corrected chi connectivity index (χ3v) is 3.39. The fourth-order valence-electron chi connectivity index (χ4n) is 1.85. The maximum absolute atomic E-state index is 5.90. The third-order valence-electron chi connectivity index (χ3n) is 3.14. The Morgan fingerprint density at radius 1 is 1.06 bits per heavy atom. The summed E-state index contributed by atoms with van der Waals surface area (Å²) in [6, 6.07) is 8.77. The van der Waals surface area contributed by atoms with Gasteiger partial charge in [-0.05, 0) is 42.5 Å². The van der Waals surface area contributed by atoms with Crippen molar-refractivity contribution in [3.05, 3.63) is 34.9 Å². The molecule has 0 saturated carbocycles. The number of rotatable bonds is 6. The molecule has 17 heavy (non-hydrogen) atoms. The summed E-state index contributed by atoms with van der Waals surface area (Å²) in [5.41, 5.74) is 1.37. The Bertz CT molecular complexity index is 316. The average molecular weight is 254 g/mol. The molecule has 0 fully saturated rings. The summed E-state index contributed by atoms with van der Waals surface area (Å²) < 4.78 is 0. The summed E-state index contributed by atoms with van der Waals surface area (Å²) >= 11 is 5.90. The van der Waals surface area contributed by atoms with Gasteiger partial charge in [0.15, 0.2) is 0 Å². The monoisotopic (exact) mass is 253 g/mol. The Morgan fingerprint density at radius 3 is 2.12 bits per heavy atom. The van der Waals surface area contributed by atoms with E-state index in [1.165, 1.54) is 5.56 Å². The van der Waals surface area contributed by atoms with Crippen molar-refractivity contribution in [2.45, 2.75) is 40.2 Å². The van der Waals surface area contributed by atoms with Gasteiger partial charge < -0.3 is 5.32 Å². The molecule has 0 spiro atoms. The first-order chi connectivity index (χ1) is 7.99. The van der Waals surface area contributed by atoms with Gasteiger partial charge in [0.1, 0.15) is 0 Å². The molecular weight excluding hydrogens is 230 g/mol. The lowest BCUT2D eigenvalue weighted by atomic mass is 9.89. The summed E-state index contributed by atoms with van der Waals surface area (Å²) in [5.74, 6) is 1.37. The fourth-order valence-corrected chi connectivity index (χ4v) is 1.98. The van der Waals surface area contributed by atoms with Crippen LogP contribution in [0.25, 0.3) is 0 Å². The van der Waals surface area contributed by atoms with E-state index in [0.29, 0.717) is 17.9 Å². The summed E-state index contributed by atoms with van der Waals surface area (Å²) in [6.07, 6.45) is 1.12. The van der Waals surface area contributed by atoms with Crippen LogP contribution in [-0.4, -0.2) is 12.6 Å². The number of hydrogen-bond acceptors (Lipinski definition) is 1. The van der Waals surface area contributed by atoms with Gasteiger partial charge in [-0.1, -0.05) is 51.4 Å². The second-order valence-electron chi connectivity index (χ2n) is 5.40. The quantitative estimate of drug-likeness (QED) is 0.803. The highest BCUT2D eigenvalue weighted by Crippen LogP contribution is 2.18.